The summed E-state index contributed by atoms with van der Waals surface area (Å²) in [4.78, 5) is 2.20. The molecule has 1 aliphatic heterocycles. The highest BCUT2D eigenvalue weighted by molar-refractivity contribution is 5.91. The van der Waals surface area contributed by atoms with Gasteiger partial charge in [0.2, 0.25) is 0 Å². The summed E-state index contributed by atoms with van der Waals surface area (Å²) < 4.78 is 0. The Hall–Kier alpha value is -2.17. The third kappa shape index (κ3) is 2.23. The molecule has 1 fully saturated rings. The maximum atomic E-state index is 7.62. The summed E-state index contributed by atoms with van der Waals surface area (Å²) in [6, 6.07) is 8.12. The quantitative estimate of drug-likeness (QED) is 0.633. The number of benzene rings is 1. The molecule has 0 saturated carbocycles. The van der Waals surface area contributed by atoms with E-state index in [9.17, 15) is 0 Å². The zero-order valence-electron chi connectivity index (χ0n) is 10.7. The highest BCUT2D eigenvalue weighted by Gasteiger charge is 2.24. The van der Waals surface area contributed by atoms with Gasteiger partial charge in [0.15, 0.2) is 5.82 Å². The number of nitrogens with zero attached hydrogens (tertiary/aromatic N) is 3. The summed E-state index contributed by atoms with van der Waals surface area (Å²) in [6.07, 6.45) is 3.81. The van der Waals surface area contributed by atoms with Crippen molar-refractivity contribution in [3.8, 4) is 0 Å². The Morgan fingerprint density at radius 2 is 2.21 bits per heavy atom. The van der Waals surface area contributed by atoms with Gasteiger partial charge in [0.05, 0.1) is 12.0 Å². The van der Waals surface area contributed by atoms with Crippen LogP contribution in [0.15, 0.2) is 30.5 Å². The average molecular weight is 255 g/mol. The molecule has 3 N–H and O–H groups in total. The van der Waals surface area contributed by atoms with Crippen LogP contribution in [-0.2, 0) is 0 Å². The van der Waals surface area contributed by atoms with Gasteiger partial charge in [0, 0.05) is 29.8 Å². The summed E-state index contributed by atoms with van der Waals surface area (Å²) in [5.74, 6) is 1.32. The molecule has 5 nitrogen and oxygen atoms in total. The van der Waals surface area contributed by atoms with Gasteiger partial charge in [-0.3, -0.25) is 5.41 Å². The summed E-state index contributed by atoms with van der Waals surface area (Å²) >= 11 is 0. The van der Waals surface area contributed by atoms with Crippen LogP contribution in [0.4, 0.5) is 5.82 Å². The second-order valence-corrected chi connectivity index (χ2v) is 5.00. The Morgan fingerprint density at radius 3 is 3.05 bits per heavy atom. The van der Waals surface area contributed by atoms with Gasteiger partial charge in [-0.2, -0.15) is 5.10 Å². The Morgan fingerprint density at radius 1 is 1.37 bits per heavy atom. The van der Waals surface area contributed by atoms with Gasteiger partial charge in [0.25, 0.3) is 0 Å². The van der Waals surface area contributed by atoms with Crippen LogP contribution >= 0.6 is 0 Å². The Balaban J connectivity index is 1.97. The van der Waals surface area contributed by atoms with Crippen LogP contribution in [0.3, 0.4) is 0 Å². The second-order valence-electron chi connectivity index (χ2n) is 5.00. The zero-order chi connectivity index (χ0) is 13.2. The Kier molecular flexibility index (Phi) is 3.03. The van der Waals surface area contributed by atoms with Gasteiger partial charge < -0.3 is 10.6 Å². The molecule has 5 heteroatoms. The second kappa shape index (κ2) is 4.84. The van der Waals surface area contributed by atoms with E-state index in [1.54, 1.807) is 6.20 Å². The van der Waals surface area contributed by atoms with E-state index >= 15 is 0 Å². The number of hydrogen-bond acceptors (Lipinski definition) is 4. The summed E-state index contributed by atoms with van der Waals surface area (Å²) in [5, 5.41) is 18.2. The van der Waals surface area contributed by atoms with E-state index in [4.69, 9.17) is 11.1 Å². The predicted molar refractivity (Wildman–Crippen MR) is 76.4 cm³/mol. The predicted octanol–water partition coefficient (Wildman–Crippen LogP) is 1.78. The fourth-order valence-electron chi connectivity index (χ4n) is 2.67. The van der Waals surface area contributed by atoms with E-state index in [1.807, 2.05) is 18.2 Å². The van der Waals surface area contributed by atoms with E-state index in [0.29, 0.717) is 0 Å². The smallest absolute Gasteiger partial charge is 0.159 e. The van der Waals surface area contributed by atoms with E-state index in [1.165, 1.54) is 0 Å². The van der Waals surface area contributed by atoms with Gasteiger partial charge in [-0.25, -0.2) is 0 Å². The van der Waals surface area contributed by atoms with E-state index in [-0.39, 0.29) is 11.8 Å². The molecule has 1 unspecified atom stereocenters. The van der Waals surface area contributed by atoms with Gasteiger partial charge in [-0.1, -0.05) is 24.3 Å². The van der Waals surface area contributed by atoms with Crippen molar-refractivity contribution in [2.45, 2.75) is 12.8 Å². The van der Waals surface area contributed by atoms with Crippen molar-refractivity contribution in [2.75, 3.05) is 18.0 Å². The number of amidine groups is 1. The van der Waals surface area contributed by atoms with Crippen molar-refractivity contribution in [3.63, 3.8) is 0 Å². The van der Waals surface area contributed by atoms with Crippen molar-refractivity contribution in [1.29, 1.82) is 5.41 Å². The van der Waals surface area contributed by atoms with Crippen LogP contribution in [0.1, 0.15) is 12.8 Å². The van der Waals surface area contributed by atoms with Gasteiger partial charge in [-0.05, 0) is 12.8 Å². The van der Waals surface area contributed by atoms with E-state index in [0.717, 1.165) is 42.5 Å². The standard InChI is InChI=1S/C14H17N5/c15-13(16)11-5-3-7-19(9-11)14-12-6-2-1-4-10(12)8-17-18-14/h1-2,4,6,8,11H,3,5,7,9H2,(H3,15,16). The van der Waals surface area contributed by atoms with Crippen molar-refractivity contribution in [1.82, 2.24) is 10.2 Å². The van der Waals surface area contributed by atoms with Crippen LogP contribution < -0.4 is 10.6 Å². The first-order valence-corrected chi connectivity index (χ1v) is 6.55. The van der Waals surface area contributed by atoms with Crippen molar-refractivity contribution in [2.24, 2.45) is 11.7 Å². The average Bonchev–Trinajstić information content (AvgIpc) is 2.47. The van der Waals surface area contributed by atoms with Crippen molar-refractivity contribution >= 4 is 22.4 Å². The summed E-state index contributed by atoms with van der Waals surface area (Å²) in [7, 11) is 0. The lowest BCUT2D eigenvalue weighted by molar-refractivity contribution is 0.500. The van der Waals surface area contributed by atoms with Crippen LogP contribution in [0, 0.1) is 11.3 Å². The number of hydrogen-bond donors (Lipinski definition) is 2. The molecular formula is C14H17N5. The third-order valence-electron chi connectivity index (χ3n) is 3.71. The van der Waals surface area contributed by atoms with Crippen LogP contribution in [-0.4, -0.2) is 29.1 Å². The largest absolute Gasteiger partial charge is 0.387 e. The van der Waals surface area contributed by atoms with Crippen LogP contribution in [0.5, 0.6) is 0 Å². The van der Waals surface area contributed by atoms with Crippen LogP contribution in [0.2, 0.25) is 0 Å². The third-order valence-corrected chi connectivity index (χ3v) is 3.71. The minimum Gasteiger partial charge on any atom is -0.387 e. The minimum absolute atomic E-state index is 0.134. The number of nitrogens with two attached hydrogens (primary N) is 1. The summed E-state index contributed by atoms with van der Waals surface area (Å²) in [6.45, 7) is 1.71. The number of anilines is 1. The molecular weight excluding hydrogens is 238 g/mol. The molecule has 1 atom stereocenters. The number of fused-ring (bicyclic) bond motifs is 1. The Bertz CT molecular complexity index is 604. The van der Waals surface area contributed by atoms with Crippen molar-refractivity contribution in [3.05, 3.63) is 30.5 Å². The highest BCUT2D eigenvalue weighted by Crippen LogP contribution is 2.27. The first kappa shape index (κ1) is 11.9. The molecule has 98 valence electrons. The SMILES string of the molecule is N=C(N)C1CCCN(c2nncc3ccccc23)C1. The molecule has 3 rings (SSSR count). The first-order valence-electron chi connectivity index (χ1n) is 6.55. The van der Waals surface area contributed by atoms with Crippen molar-refractivity contribution < 1.29 is 0 Å². The molecule has 1 aromatic heterocycles. The molecule has 1 aromatic carbocycles. The lowest BCUT2D eigenvalue weighted by Crippen LogP contribution is -2.41. The monoisotopic (exact) mass is 255 g/mol. The Labute approximate surface area is 111 Å². The van der Waals surface area contributed by atoms with Crippen LogP contribution in [0.25, 0.3) is 10.8 Å². The molecule has 2 heterocycles. The fourth-order valence-corrected chi connectivity index (χ4v) is 2.67. The molecule has 0 bridgehead atoms. The lowest BCUT2D eigenvalue weighted by atomic mass is 9.97. The molecule has 1 aliphatic rings. The minimum atomic E-state index is 0.134. The first-order chi connectivity index (χ1) is 9.25. The number of rotatable bonds is 2. The molecule has 0 amide bonds. The summed E-state index contributed by atoms with van der Waals surface area (Å²) in [5.41, 5.74) is 5.64. The molecule has 2 aromatic rings. The zero-order valence-corrected chi connectivity index (χ0v) is 10.7. The lowest BCUT2D eigenvalue weighted by Gasteiger charge is -2.33. The highest BCUT2D eigenvalue weighted by atomic mass is 15.3. The van der Waals surface area contributed by atoms with Gasteiger partial charge in [-0.15, -0.1) is 5.10 Å². The number of nitrogens with one attached hydrogen (secondary N) is 1. The van der Waals surface area contributed by atoms with E-state index < -0.39 is 0 Å². The van der Waals surface area contributed by atoms with Gasteiger partial charge in [0.1, 0.15) is 0 Å². The number of piperidine rings is 1. The maximum absolute atomic E-state index is 7.62. The maximum Gasteiger partial charge on any atom is 0.159 e. The fraction of sp³-hybridized carbons (Fsp3) is 0.357. The molecule has 19 heavy (non-hydrogen) atoms. The van der Waals surface area contributed by atoms with E-state index in [2.05, 4.69) is 21.2 Å². The number of aromatic nitrogens is 2. The molecule has 0 radical (unpaired) electrons. The molecule has 0 aliphatic carbocycles. The molecule has 0 spiro atoms. The van der Waals surface area contributed by atoms with Gasteiger partial charge >= 0.3 is 0 Å². The molecule has 1 saturated heterocycles. The normalized spacial score (nSPS) is 19.6. The topological polar surface area (TPSA) is 78.9 Å².